The van der Waals surface area contributed by atoms with Crippen LogP contribution in [-0.4, -0.2) is 39.6 Å². The van der Waals surface area contributed by atoms with Crippen molar-refractivity contribution >= 4 is 22.8 Å². The Balaban J connectivity index is 1.85. The van der Waals surface area contributed by atoms with Gasteiger partial charge in [-0.1, -0.05) is 54.6 Å². The summed E-state index contributed by atoms with van der Waals surface area (Å²) >= 11 is 0. The molecular formula is C27H25N3O5. The molecule has 178 valence electrons. The highest BCUT2D eigenvalue weighted by atomic mass is 16.5. The van der Waals surface area contributed by atoms with E-state index in [4.69, 9.17) is 4.74 Å². The van der Waals surface area contributed by atoms with Crippen molar-refractivity contribution in [3.05, 3.63) is 111 Å². The molecule has 3 aromatic carbocycles. The smallest absolute Gasteiger partial charge is 0.339 e. The van der Waals surface area contributed by atoms with Crippen LogP contribution in [-0.2, 0) is 22.6 Å². The minimum Gasteiger partial charge on any atom is -0.465 e. The lowest BCUT2D eigenvalue weighted by atomic mass is 10.1. The topological polar surface area (TPSA) is 90.6 Å². The van der Waals surface area contributed by atoms with Crippen LogP contribution < -0.4 is 11.2 Å². The highest BCUT2D eigenvalue weighted by Gasteiger charge is 2.22. The van der Waals surface area contributed by atoms with Crippen molar-refractivity contribution in [3.63, 3.8) is 0 Å². The number of hydrogen-bond donors (Lipinski definition) is 0. The normalized spacial score (nSPS) is 10.8. The van der Waals surface area contributed by atoms with E-state index in [2.05, 4.69) is 0 Å². The number of ether oxygens (including phenoxy) is 1. The lowest BCUT2D eigenvalue weighted by Gasteiger charge is -2.22. The second-order valence-corrected chi connectivity index (χ2v) is 7.93. The van der Waals surface area contributed by atoms with Gasteiger partial charge in [-0.2, -0.15) is 0 Å². The van der Waals surface area contributed by atoms with Crippen LogP contribution in [0.2, 0.25) is 0 Å². The van der Waals surface area contributed by atoms with Crippen LogP contribution in [0.25, 0.3) is 16.6 Å². The molecule has 35 heavy (non-hydrogen) atoms. The zero-order valence-electron chi connectivity index (χ0n) is 19.5. The Labute approximate surface area is 201 Å². The fraction of sp³-hybridized carbons (Fsp3) is 0.185. The predicted molar refractivity (Wildman–Crippen MR) is 133 cm³/mol. The average molecular weight is 472 g/mol. The summed E-state index contributed by atoms with van der Waals surface area (Å²) in [6, 6.07) is 22.4. The molecular weight excluding hydrogens is 446 g/mol. The molecule has 0 saturated carbocycles. The number of carbonyl (C=O) groups is 2. The van der Waals surface area contributed by atoms with Crippen LogP contribution in [0.5, 0.6) is 0 Å². The van der Waals surface area contributed by atoms with E-state index in [9.17, 15) is 19.2 Å². The quantitative estimate of drug-likeness (QED) is 0.387. The molecule has 0 atom stereocenters. The van der Waals surface area contributed by atoms with Crippen LogP contribution in [0.1, 0.15) is 22.8 Å². The Bertz CT molecular complexity index is 1510. The molecule has 4 rings (SSSR count). The van der Waals surface area contributed by atoms with Gasteiger partial charge in [0.2, 0.25) is 5.91 Å². The zero-order valence-corrected chi connectivity index (χ0v) is 19.5. The number of methoxy groups -OCH3 is 1. The number of nitrogens with zero attached hydrogens (tertiary/aromatic N) is 3. The number of rotatable bonds is 7. The molecule has 1 aromatic heterocycles. The molecule has 0 N–H and O–H groups in total. The first-order chi connectivity index (χ1) is 17.0. The molecule has 0 bridgehead atoms. The van der Waals surface area contributed by atoms with Gasteiger partial charge >= 0.3 is 11.7 Å². The first kappa shape index (κ1) is 23.7. The summed E-state index contributed by atoms with van der Waals surface area (Å²) in [4.78, 5) is 54.4. The van der Waals surface area contributed by atoms with E-state index in [-0.39, 0.29) is 29.1 Å². The Kier molecular flexibility index (Phi) is 6.91. The molecule has 1 amide bonds. The largest absolute Gasteiger partial charge is 0.465 e. The fourth-order valence-corrected chi connectivity index (χ4v) is 4.05. The lowest BCUT2D eigenvalue weighted by Crippen LogP contribution is -2.43. The summed E-state index contributed by atoms with van der Waals surface area (Å²) in [5, 5.41) is 0.255. The first-order valence-corrected chi connectivity index (χ1v) is 11.2. The highest BCUT2D eigenvalue weighted by Crippen LogP contribution is 2.15. The number of hydrogen-bond acceptors (Lipinski definition) is 5. The Morgan fingerprint density at radius 3 is 2.26 bits per heavy atom. The third-order valence-corrected chi connectivity index (χ3v) is 5.84. The maximum atomic E-state index is 13.7. The third kappa shape index (κ3) is 4.63. The van der Waals surface area contributed by atoms with Gasteiger partial charge < -0.3 is 9.64 Å². The number of benzene rings is 3. The second kappa shape index (κ2) is 10.2. The van der Waals surface area contributed by atoms with E-state index in [1.165, 1.54) is 23.8 Å². The molecule has 0 radical (unpaired) electrons. The molecule has 0 aliphatic rings. The molecule has 8 heteroatoms. The summed E-state index contributed by atoms with van der Waals surface area (Å²) in [5.41, 5.74) is 0.186. The van der Waals surface area contributed by atoms with Crippen LogP contribution in [0.3, 0.4) is 0 Å². The second-order valence-electron chi connectivity index (χ2n) is 7.93. The van der Waals surface area contributed by atoms with Crippen molar-refractivity contribution in [2.24, 2.45) is 0 Å². The summed E-state index contributed by atoms with van der Waals surface area (Å²) in [6.45, 7) is 2.45. The van der Waals surface area contributed by atoms with Crippen LogP contribution in [0, 0.1) is 0 Å². The summed E-state index contributed by atoms with van der Waals surface area (Å²) in [5.74, 6) is -0.947. The van der Waals surface area contributed by atoms with Gasteiger partial charge in [0.05, 0.1) is 29.3 Å². The molecule has 0 unspecified atom stereocenters. The minimum absolute atomic E-state index is 0.0709. The average Bonchev–Trinajstić information content (AvgIpc) is 2.90. The van der Waals surface area contributed by atoms with Crippen LogP contribution >= 0.6 is 0 Å². The van der Waals surface area contributed by atoms with Gasteiger partial charge in [-0.3, -0.25) is 14.2 Å². The first-order valence-electron chi connectivity index (χ1n) is 11.2. The van der Waals surface area contributed by atoms with E-state index in [0.29, 0.717) is 18.6 Å². The van der Waals surface area contributed by atoms with Crippen molar-refractivity contribution in [3.8, 4) is 5.69 Å². The Morgan fingerprint density at radius 1 is 0.886 bits per heavy atom. The zero-order chi connectivity index (χ0) is 24.9. The van der Waals surface area contributed by atoms with E-state index >= 15 is 0 Å². The minimum atomic E-state index is -0.714. The van der Waals surface area contributed by atoms with Crippen molar-refractivity contribution in [2.45, 2.75) is 20.0 Å². The van der Waals surface area contributed by atoms with Crippen molar-refractivity contribution in [1.29, 1.82) is 0 Å². The molecule has 0 spiro atoms. The molecule has 0 fully saturated rings. The molecule has 1 heterocycles. The van der Waals surface area contributed by atoms with Crippen molar-refractivity contribution in [1.82, 2.24) is 14.0 Å². The van der Waals surface area contributed by atoms with Gasteiger partial charge in [0.1, 0.15) is 6.54 Å². The third-order valence-electron chi connectivity index (χ3n) is 5.84. The summed E-state index contributed by atoms with van der Waals surface area (Å²) in [7, 11) is 1.23. The van der Waals surface area contributed by atoms with Gasteiger partial charge in [0.25, 0.3) is 5.56 Å². The van der Waals surface area contributed by atoms with Crippen molar-refractivity contribution in [2.75, 3.05) is 13.7 Å². The SMILES string of the molecule is CCN(Cc1ccccc1)C(=O)Cn1c(=O)n(-c2ccccc2C(=O)OC)c(=O)c2ccccc21. The fourth-order valence-electron chi connectivity index (χ4n) is 4.05. The van der Waals surface area contributed by atoms with Gasteiger partial charge in [0.15, 0.2) is 0 Å². The van der Waals surface area contributed by atoms with E-state index in [1.54, 1.807) is 41.3 Å². The molecule has 4 aromatic rings. The lowest BCUT2D eigenvalue weighted by molar-refractivity contribution is -0.132. The number of likely N-dealkylation sites (N-methyl/N-ethyl adjacent to an activating group) is 1. The van der Waals surface area contributed by atoms with Gasteiger partial charge in [-0.05, 0) is 36.8 Å². The monoisotopic (exact) mass is 471 g/mol. The standard InChI is InChI=1S/C27H25N3O5/c1-3-28(17-19-11-5-4-6-12-19)24(31)18-29-22-15-9-7-13-20(22)25(32)30(27(29)34)23-16-10-8-14-21(23)26(33)35-2/h4-16H,3,17-18H2,1-2H3. The number of para-hydroxylation sites is 2. The number of amides is 1. The maximum Gasteiger partial charge on any atom is 0.339 e. The van der Waals surface area contributed by atoms with E-state index in [1.807, 2.05) is 37.3 Å². The van der Waals surface area contributed by atoms with E-state index < -0.39 is 17.2 Å². The number of aromatic nitrogens is 2. The summed E-state index contributed by atoms with van der Waals surface area (Å²) in [6.07, 6.45) is 0. The Hall–Kier alpha value is -4.46. The molecule has 8 nitrogen and oxygen atoms in total. The van der Waals surface area contributed by atoms with Gasteiger partial charge in [0, 0.05) is 13.1 Å². The van der Waals surface area contributed by atoms with Gasteiger partial charge in [-0.25, -0.2) is 14.2 Å². The van der Waals surface area contributed by atoms with E-state index in [0.717, 1.165) is 10.1 Å². The van der Waals surface area contributed by atoms with Crippen molar-refractivity contribution < 1.29 is 14.3 Å². The Morgan fingerprint density at radius 2 is 1.54 bits per heavy atom. The number of esters is 1. The predicted octanol–water partition coefficient (Wildman–Crippen LogP) is 2.99. The van der Waals surface area contributed by atoms with Gasteiger partial charge in [-0.15, -0.1) is 0 Å². The number of fused-ring (bicyclic) bond motifs is 1. The molecule has 0 saturated heterocycles. The van der Waals surface area contributed by atoms with Crippen LogP contribution in [0.15, 0.2) is 88.5 Å². The maximum absolute atomic E-state index is 13.7. The molecule has 0 aliphatic carbocycles. The highest BCUT2D eigenvalue weighted by molar-refractivity contribution is 5.93. The number of carbonyl (C=O) groups excluding carboxylic acids is 2. The summed E-state index contributed by atoms with van der Waals surface area (Å²) < 4.78 is 7.04. The molecule has 0 aliphatic heterocycles. The van der Waals surface area contributed by atoms with Crippen LogP contribution in [0.4, 0.5) is 0 Å².